The summed E-state index contributed by atoms with van der Waals surface area (Å²) in [7, 11) is 0. The number of nitrogens with zero attached hydrogens (tertiary/aromatic N) is 3. The van der Waals surface area contributed by atoms with Gasteiger partial charge in [0.15, 0.2) is 0 Å². The fraction of sp³-hybridized carbons (Fsp3) is 0. The highest BCUT2D eigenvalue weighted by molar-refractivity contribution is 6.30. The van der Waals surface area contributed by atoms with Crippen molar-refractivity contribution in [2.75, 3.05) is 5.73 Å². The summed E-state index contributed by atoms with van der Waals surface area (Å²) in [5.74, 6) is 0.327. The van der Waals surface area contributed by atoms with Gasteiger partial charge >= 0.3 is 0 Å². The van der Waals surface area contributed by atoms with Gasteiger partial charge in [-0.15, -0.1) is 0 Å². The molecule has 3 aromatic rings. The molecule has 2 aromatic carbocycles. The largest absolute Gasteiger partial charge is 0.382 e. The molecule has 1 heterocycles. The van der Waals surface area contributed by atoms with Crippen LogP contribution in [0.3, 0.4) is 0 Å². The number of anilines is 1. The second-order valence-corrected chi connectivity index (χ2v) is 4.91. The van der Waals surface area contributed by atoms with E-state index in [9.17, 15) is 5.26 Å². The first-order chi connectivity index (χ1) is 10.2. The molecular formula is C16H11ClN4. The standard InChI is InChI=1S/C16H11ClN4/c17-12-8-6-11(7-9-12)15-14(10-18)16(19)21(20-15)13-4-2-1-3-5-13/h1-9H,19H2. The maximum absolute atomic E-state index is 9.37. The maximum Gasteiger partial charge on any atom is 0.145 e. The van der Waals surface area contributed by atoms with Gasteiger partial charge in [-0.1, -0.05) is 41.9 Å². The van der Waals surface area contributed by atoms with E-state index in [1.165, 1.54) is 0 Å². The molecule has 0 saturated carbocycles. The van der Waals surface area contributed by atoms with E-state index in [4.69, 9.17) is 17.3 Å². The summed E-state index contributed by atoms with van der Waals surface area (Å²) in [6.45, 7) is 0. The van der Waals surface area contributed by atoms with Crippen LogP contribution in [0.4, 0.5) is 5.82 Å². The van der Waals surface area contributed by atoms with Crippen molar-refractivity contribution < 1.29 is 0 Å². The van der Waals surface area contributed by atoms with Crippen LogP contribution in [0.25, 0.3) is 16.9 Å². The minimum atomic E-state index is 0.327. The summed E-state index contributed by atoms with van der Waals surface area (Å²) >= 11 is 5.89. The zero-order valence-corrected chi connectivity index (χ0v) is 11.7. The van der Waals surface area contributed by atoms with E-state index < -0.39 is 0 Å². The molecule has 5 heteroatoms. The van der Waals surface area contributed by atoms with Gasteiger partial charge in [0.05, 0.1) is 5.69 Å². The molecule has 0 aliphatic heterocycles. The van der Waals surface area contributed by atoms with Gasteiger partial charge in [0, 0.05) is 10.6 Å². The monoisotopic (exact) mass is 294 g/mol. The Hall–Kier alpha value is -2.77. The number of para-hydroxylation sites is 1. The number of hydrogen-bond donors (Lipinski definition) is 1. The van der Waals surface area contributed by atoms with E-state index in [2.05, 4.69) is 11.2 Å². The first-order valence-corrected chi connectivity index (χ1v) is 6.68. The van der Waals surface area contributed by atoms with Crippen LogP contribution >= 0.6 is 11.6 Å². The van der Waals surface area contributed by atoms with Gasteiger partial charge in [-0.2, -0.15) is 10.4 Å². The van der Waals surface area contributed by atoms with Crippen molar-refractivity contribution in [2.45, 2.75) is 0 Å². The topological polar surface area (TPSA) is 67.6 Å². The number of benzene rings is 2. The molecule has 3 rings (SSSR count). The molecule has 0 radical (unpaired) electrons. The molecule has 0 aliphatic carbocycles. The molecule has 0 aliphatic rings. The van der Waals surface area contributed by atoms with Crippen molar-refractivity contribution in [3.05, 3.63) is 65.2 Å². The maximum atomic E-state index is 9.37. The van der Waals surface area contributed by atoms with E-state index in [0.29, 0.717) is 22.1 Å². The lowest BCUT2D eigenvalue weighted by atomic mass is 10.1. The quantitative estimate of drug-likeness (QED) is 0.784. The van der Waals surface area contributed by atoms with Gasteiger partial charge in [-0.25, -0.2) is 4.68 Å². The summed E-state index contributed by atoms with van der Waals surface area (Å²) in [4.78, 5) is 0. The first-order valence-electron chi connectivity index (χ1n) is 6.30. The van der Waals surface area contributed by atoms with Crippen molar-refractivity contribution in [1.29, 1.82) is 5.26 Å². The summed E-state index contributed by atoms with van der Waals surface area (Å²) in [5, 5.41) is 14.5. The van der Waals surface area contributed by atoms with Gasteiger partial charge in [-0.3, -0.25) is 0 Å². The highest BCUT2D eigenvalue weighted by atomic mass is 35.5. The fourth-order valence-electron chi connectivity index (χ4n) is 2.12. The molecule has 0 saturated heterocycles. The molecule has 4 nitrogen and oxygen atoms in total. The lowest BCUT2D eigenvalue weighted by Gasteiger charge is -2.02. The van der Waals surface area contributed by atoms with Crippen molar-refractivity contribution in [2.24, 2.45) is 0 Å². The van der Waals surface area contributed by atoms with Crippen LogP contribution in [0.5, 0.6) is 0 Å². The summed E-state index contributed by atoms with van der Waals surface area (Å²) < 4.78 is 1.57. The molecule has 0 bridgehead atoms. The van der Waals surface area contributed by atoms with E-state index >= 15 is 0 Å². The van der Waals surface area contributed by atoms with Gasteiger partial charge in [0.1, 0.15) is 23.1 Å². The second kappa shape index (κ2) is 5.31. The SMILES string of the molecule is N#Cc1c(-c2ccc(Cl)cc2)nn(-c2ccccc2)c1N. The van der Waals surface area contributed by atoms with Gasteiger partial charge in [-0.05, 0) is 24.3 Å². The van der Waals surface area contributed by atoms with Crippen LogP contribution in [-0.2, 0) is 0 Å². The molecule has 1 aromatic heterocycles. The Kier molecular flexibility index (Phi) is 3.35. The molecule has 0 fully saturated rings. The van der Waals surface area contributed by atoms with E-state index in [1.54, 1.807) is 16.8 Å². The van der Waals surface area contributed by atoms with Crippen LogP contribution in [0.1, 0.15) is 5.56 Å². The lowest BCUT2D eigenvalue weighted by Crippen LogP contribution is -2.01. The van der Waals surface area contributed by atoms with E-state index in [-0.39, 0.29) is 0 Å². The summed E-state index contributed by atoms with van der Waals surface area (Å²) in [5.41, 5.74) is 8.59. The van der Waals surface area contributed by atoms with Crippen molar-refractivity contribution in [3.63, 3.8) is 0 Å². The average Bonchev–Trinajstić information content (AvgIpc) is 2.85. The number of nitriles is 1. The van der Waals surface area contributed by atoms with E-state index in [1.807, 2.05) is 42.5 Å². The Labute approximate surface area is 127 Å². The van der Waals surface area contributed by atoms with Crippen LogP contribution in [0, 0.1) is 11.3 Å². The molecule has 21 heavy (non-hydrogen) atoms. The molecule has 102 valence electrons. The van der Waals surface area contributed by atoms with Gasteiger partial charge in [0.2, 0.25) is 0 Å². The Morgan fingerprint density at radius 3 is 2.33 bits per heavy atom. The molecule has 0 unspecified atom stereocenters. The molecule has 0 spiro atoms. The number of rotatable bonds is 2. The normalized spacial score (nSPS) is 10.3. The molecule has 2 N–H and O–H groups in total. The number of nitrogens with two attached hydrogens (primary N) is 1. The molecule has 0 amide bonds. The van der Waals surface area contributed by atoms with E-state index in [0.717, 1.165) is 11.3 Å². The predicted molar refractivity (Wildman–Crippen MR) is 83.1 cm³/mol. The molecular weight excluding hydrogens is 284 g/mol. The van der Waals surface area contributed by atoms with Crippen LogP contribution < -0.4 is 5.73 Å². The average molecular weight is 295 g/mol. The smallest absolute Gasteiger partial charge is 0.145 e. The number of nitrogen functional groups attached to an aromatic ring is 1. The number of halogens is 1. The summed E-state index contributed by atoms with van der Waals surface area (Å²) in [6, 6.07) is 18.8. The number of hydrogen-bond acceptors (Lipinski definition) is 3. The number of aromatic nitrogens is 2. The summed E-state index contributed by atoms with van der Waals surface area (Å²) in [6.07, 6.45) is 0. The third-order valence-electron chi connectivity index (χ3n) is 3.15. The zero-order valence-electron chi connectivity index (χ0n) is 11.0. The third kappa shape index (κ3) is 2.35. The Morgan fingerprint density at radius 2 is 1.71 bits per heavy atom. The first kappa shape index (κ1) is 13.2. The minimum absolute atomic E-state index is 0.327. The Morgan fingerprint density at radius 1 is 1.05 bits per heavy atom. The lowest BCUT2D eigenvalue weighted by molar-refractivity contribution is 0.895. The van der Waals surface area contributed by atoms with Gasteiger partial charge < -0.3 is 5.73 Å². The minimum Gasteiger partial charge on any atom is -0.382 e. The zero-order chi connectivity index (χ0) is 14.8. The fourth-order valence-corrected chi connectivity index (χ4v) is 2.24. The second-order valence-electron chi connectivity index (χ2n) is 4.47. The highest BCUT2D eigenvalue weighted by Gasteiger charge is 2.17. The third-order valence-corrected chi connectivity index (χ3v) is 3.40. The van der Waals surface area contributed by atoms with Crippen LogP contribution in [0.2, 0.25) is 5.02 Å². The van der Waals surface area contributed by atoms with Crippen LogP contribution in [0.15, 0.2) is 54.6 Å². The van der Waals surface area contributed by atoms with Gasteiger partial charge in [0.25, 0.3) is 0 Å². The molecule has 0 atom stereocenters. The predicted octanol–water partition coefficient (Wildman–Crippen LogP) is 3.65. The van der Waals surface area contributed by atoms with Crippen molar-refractivity contribution >= 4 is 17.4 Å². The van der Waals surface area contributed by atoms with Crippen molar-refractivity contribution in [3.8, 4) is 23.0 Å². The highest BCUT2D eigenvalue weighted by Crippen LogP contribution is 2.29. The van der Waals surface area contributed by atoms with Crippen LogP contribution in [-0.4, -0.2) is 9.78 Å². The Balaban J connectivity index is 2.19. The Bertz CT molecular complexity index is 814. The van der Waals surface area contributed by atoms with Crippen molar-refractivity contribution in [1.82, 2.24) is 9.78 Å².